The molecular weight excluding hydrogens is 1230 g/mol. The Kier molecular flexibility index (Phi) is 33.1. The molecule has 3 aromatic carbocycles. The molecule has 0 aliphatic carbocycles. The molecule has 526 valence electrons. The highest BCUT2D eigenvalue weighted by Crippen LogP contribution is 2.23. The van der Waals surface area contributed by atoms with E-state index in [1.165, 1.54) is 100.0 Å². The Bertz CT molecular complexity index is 3190. The molecule has 1 aliphatic rings. The molecule has 1 fully saturated rings. The Hall–Kier alpha value is -9.10. The summed E-state index contributed by atoms with van der Waals surface area (Å²) in [5.74, 6) is -9.51. The number of nitrogens with zero attached hydrogens (tertiary/aromatic N) is 3. The van der Waals surface area contributed by atoms with Gasteiger partial charge < -0.3 is 73.5 Å². The van der Waals surface area contributed by atoms with Gasteiger partial charge in [-0.1, -0.05) is 166 Å². The summed E-state index contributed by atoms with van der Waals surface area (Å²) in [6.45, 7) is 9.63. The van der Waals surface area contributed by atoms with Crippen LogP contribution in [0.4, 0.5) is 0 Å². The number of aliphatic imine (C=N–C) groups is 1. The monoisotopic (exact) mass is 1330 g/mol. The number of H-pyrrole nitrogens is 1. The van der Waals surface area contributed by atoms with Crippen LogP contribution in [0.5, 0.6) is 5.75 Å². The lowest BCUT2D eigenvalue weighted by molar-refractivity contribution is -0.147. The fourth-order valence-electron chi connectivity index (χ4n) is 11.6. The van der Waals surface area contributed by atoms with Gasteiger partial charge in [-0.25, -0.2) is 9.78 Å². The van der Waals surface area contributed by atoms with E-state index in [1.54, 1.807) is 33.8 Å². The highest BCUT2D eigenvalue weighted by atomic mass is 16.5. The van der Waals surface area contributed by atoms with E-state index in [0.29, 0.717) is 29.7 Å². The van der Waals surface area contributed by atoms with Crippen molar-refractivity contribution in [3.63, 3.8) is 0 Å². The molecule has 1 saturated heterocycles. The minimum absolute atomic E-state index is 0.0291. The molecule has 4 aromatic rings. The number of aromatic nitrogens is 2. The lowest BCUT2D eigenvalue weighted by Gasteiger charge is -2.31. The van der Waals surface area contributed by atoms with Gasteiger partial charge in [0.05, 0.1) is 6.33 Å². The smallest absolute Gasteiger partial charge is 0.326 e. The number of carbonyl (C=O) groups is 10. The van der Waals surface area contributed by atoms with Gasteiger partial charge >= 0.3 is 11.9 Å². The molecule has 2 heterocycles. The van der Waals surface area contributed by atoms with Gasteiger partial charge in [-0.3, -0.25) is 48.1 Å². The number of guanidine groups is 1. The second-order valence-electron chi connectivity index (χ2n) is 25.6. The van der Waals surface area contributed by atoms with Crippen LogP contribution < -0.4 is 48.7 Å². The van der Waals surface area contributed by atoms with Crippen molar-refractivity contribution in [1.29, 1.82) is 0 Å². The van der Waals surface area contributed by atoms with Crippen molar-refractivity contribution in [2.75, 3.05) is 19.7 Å². The molecular formula is C70H103N13O13. The first-order valence-electron chi connectivity index (χ1n) is 34.0. The third-order valence-electron chi connectivity index (χ3n) is 17.0. The van der Waals surface area contributed by atoms with Gasteiger partial charge in [0.2, 0.25) is 47.3 Å². The van der Waals surface area contributed by atoms with E-state index in [9.17, 15) is 58.2 Å². The molecule has 0 unspecified atom stereocenters. The van der Waals surface area contributed by atoms with Gasteiger partial charge in [-0.05, 0) is 78.0 Å². The molecule has 1 aliphatic heterocycles. The molecule has 8 atom stereocenters. The average Bonchev–Trinajstić information content (AvgIpc) is 1.59. The van der Waals surface area contributed by atoms with Gasteiger partial charge in [-0.15, -0.1) is 0 Å². The van der Waals surface area contributed by atoms with Gasteiger partial charge in [0.15, 0.2) is 5.96 Å². The number of ether oxygens (including phenoxy) is 1. The van der Waals surface area contributed by atoms with Gasteiger partial charge in [-0.2, -0.15) is 0 Å². The van der Waals surface area contributed by atoms with Crippen molar-refractivity contribution >= 4 is 75.9 Å². The number of hydrogen-bond donors (Lipinski definition) is 12. The molecule has 8 amide bonds. The molecule has 14 N–H and O–H groups in total. The van der Waals surface area contributed by atoms with Gasteiger partial charge in [0.25, 0.3) is 0 Å². The fourth-order valence-corrected chi connectivity index (χ4v) is 11.6. The van der Waals surface area contributed by atoms with Gasteiger partial charge in [0.1, 0.15) is 60.7 Å². The van der Waals surface area contributed by atoms with Crippen LogP contribution in [0, 0.1) is 11.8 Å². The number of esters is 1. The zero-order valence-electron chi connectivity index (χ0n) is 56.6. The number of imidazole rings is 1. The number of fused-ring (bicyclic) bond motifs is 1. The van der Waals surface area contributed by atoms with E-state index in [0.717, 1.165) is 36.5 Å². The summed E-state index contributed by atoms with van der Waals surface area (Å²) in [5.41, 5.74) is 12.7. The minimum Gasteiger partial charge on any atom is -0.508 e. The second-order valence-corrected chi connectivity index (χ2v) is 25.6. The van der Waals surface area contributed by atoms with Gasteiger partial charge in [0, 0.05) is 57.6 Å². The number of hydrogen-bond acceptors (Lipinski definition) is 14. The number of phenols is 1. The number of carbonyl (C=O) groups excluding carboxylic acids is 9. The molecule has 1 aromatic heterocycles. The molecule has 26 heteroatoms. The summed E-state index contributed by atoms with van der Waals surface area (Å²) in [6.07, 6.45) is 18.0. The zero-order valence-corrected chi connectivity index (χ0v) is 56.6. The van der Waals surface area contributed by atoms with Crippen LogP contribution in [-0.4, -0.2) is 158 Å². The number of unbranched alkanes of at least 4 members (excludes halogenated alkanes) is 12. The van der Waals surface area contributed by atoms with E-state index < -0.39 is 126 Å². The quantitative estimate of drug-likeness (QED) is 0.0118. The number of carboxylic acid groups (broad SMARTS) is 1. The number of amides is 8. The molecule has 0 radical (unpaired) electrons. The highest BCUT2D eigenvalue weighted by Gasteiger charge is 2.41. The third-order valence-corrected chi connectivity index (χ3v) is 17.0. The number of aromatic amines is 1. The number of carboxylic acids is 1. The lowest BCUT2D eigenvalue weighted by atomic mass is 9.98. The Morgan fingerprint density at radius 1 is 0.625 bits per heavy atom. The maximum absolute atomic E-state index is 14.8. The normalized spacial score (nSPS) is 15.0. The maximum Gasteiger partial charge on any atom is 0.326 e. The molecule has 0 bridgehead atoms. The molecule has 96 heavy (non-hydrogen) atoms. The van der Waals surface area contributed by atoms with Crippen LogP contribution in [-0.2, 0) is 71.9 Å². The zero-order chi connectivity index (χ0) is 70.1. The number of likely N-dealkylation sites (tertiary alicyclic amines) is 1. The molecule has 0 spiro atoms. The van der Waals surface area contributed by atoms with E-state index >= 15 is 0 Å². The van der Waals surface area contributed by atoms with Crippen LogP contribution in [0.15, 0.2) is 84.2 Å². The molecule has 5 rings (SSSR count). The topological polar surface area (TPSA) is 401 Å². The predicted octanol–water partition coefficient (Wildman–Crippen LogP) is 5.18. The highest BCUT2D eigenvalue weighted by molar-refractivity contribution is 5.98. The Morgan fingerprint density at radius 2 is 1.18 bits per heavy atom. The predicted molar refractivity (Wildman–Crippen MR) is 364 cm³/mol. The first-order chi connectivity index (χ1) is 45.9. The largest absolute Gasteiger partial charge is 0.508 e. The Morgan fingerprint density at radius 3 is 1.75 bits per heavy atom. The van der Waals surface area contributed by atoms with Crippen LogP contribution in [0.1, 0.15) is 174 Å². The van der Waals surface area contributed by atoms with E-state index in [-0.39, 0.29) is 69.7 Å². The number of aromatic hydroxyl groups is 1. The number of nitrogens with one attached hydrogen (secondary N) is 8. The number of rotatable bonds is 43. The fraction of sp³-hybridized carbons (Fsp3) is 0.571. The van der Waals surface area contributed by atoms with Crippen molar-refractivity contribution in [3.05, 3.63) is 96.1 Å². The second kappa shape index (κ2) is 41.0. The number of benzene rings is 3. The van der Waals surface area contributed by atoms with Crippen LogP contribution in [0.3, 0.4) is 0 Å². The summed E-state index contributed by atoms with van der Waals surface area (Å²) in [5, 5.41) is 41.1. The number of nitrogens with two attached hydrogens (primary N) is 2. The Labute approximate surface area is 563 Å². The van der Waals surface area contributed by atoms with E-state index in [1.807, 2.05) is 36.4 Å². The van der Waals surface area contributed by atoms with E-state index in [4.69, 9.17) is 16.2 Å². The summed E-state index contributed by atoms with van der Waals surface area (Å²) < 4.78 is 5.47. The average molecular weight is 1330 g/mol. The standard InChI is InChI=1S/C70H103N13O13/c1-7-8-9-10-11-12-13-14-15-16-17-18-19-28-59(86)96-42-57(76-46(6)84)64(89)77-53(26-22-35-74-70(71)72)62(87)81-60(44(2)3)66(91)78-54(38-47-30-33-52(85)34-31-47)63(88)82-61(45(4)5)67(92)79-55(40-51-41-73-43-75-51)68(93)83-36-23-27-58(83)65(90)80-56(69(94)95)39-48-29-32-49-24-20-21-25-50(49)37-48/h20-21,24-25,29-34,37,41,43-45,53-58,60-61,85H,7-19,22-23,26-28,35-36,38-40,42H2,1-6H3,(H,73,75)(H,76,84)(H,77,89)(H,78,91)(H,79,92)(H,80,90)(H,81,87)(H,82,88)(H,94,95)(H4,71,72,74)/t53-,54-,55-,56+,57-,58-,60-,61-/m0/s1. The van der Waals surface area contributed by atoms with E-state index in [2.05, 4.69) is 59.1 Å². The van der Waals surface area contributed by atoms with Crippen molar-refractivity contribution in [3.8, 4) is 5.75 Å². The molecule has 0 saturated carbocycles. The minimum atomic E-state index is -1.45. The van der Waals surface area contributed by atoms with Crippen LogP contribution in [0.25, 0.3) is 10.8 Å². The summed E-state index contributed by atoms with van der Waals surface area (Å²) in [4.78, 5) is 151. The Balaban J connectivity index is 1.27. The first kappa shape index (κ1) is 77.6. The van der Waals surface area contributed by atoms with Crippen molar-refractivity contribution in [2.24, 2.45) is 28.3 Å². The SMILES string of the molecule is CCCCCCCCCCCCCCCC(=O)OC[C@H](NC(C)=O)C(=O)N[C@@H](CCCN=C(N)N)C(=O)N[C@H](C(=O)N[C@@H](Cc1ccc(O)cc1)C(=O)N[C@H](C(=O)N[C@@H](Cc1cnc[nH]1)C(=O)N1CCC[C@H]1C(=O)N[C@H](Cc1ccc2ccccc2c1)C(=O)O)C(C)C)C(C)C. The third kappa shape index (κ3) is 27.0. The number of aliphatic carboxylic acids is 1. The summed E-state index contributed by atoms with van der Waals surface area (Å²) >= 11 is 0. The number of phenolic OH excluding ortho intramolecular Hbond substituents is 1. The van der Waals surface area contributed by atoms with Crippen molar-refractivity contribution in [2.45, 2.75) is 225 Å². The van der Waals surface area contributed by atoms with Crippen LogP contribution >= 0.6 is 0 Å². The van der Waals surface area contributed by atoms with Crippen molar-refractivity contribution < 1.29 is 62.9 Å². The summed E-state index contributed by atoms with van der Waals surface area (Å²) in [7, 11) is 0. The van der Waals surface area contributed by atoms with Crippen molar-refractivity contribution in [1.82, 2.24) is 52.1 Å². The van der Waals surface area contributed by atoms with Crippen LogP contribution in [0.2, 0.25) is 0 Å². The lowest BCUT2D eigenvalue weighted by Crippen LogP contribution is -2.62. The summed E-state index contributed by atoms with van der Waals surface area (Å²) in [6, 6.07) is 8.28. The molecule has 26 nitrogen and oxygen atoms in total. The maximum atomic E-state index is 14.8. The first-order valence-corrected chi connectivity index (χ1v) is 34.0.